The van der Waals surface area contributed by atoms with Crippen molar-refractivity contribution >= 4 is 35.2 Å². The molecule has 0 radical (unpaired) electrons. The Morgan fingerprint density at radius 3 is 2.42 bits per heavy atom. The first-order valence-electron chi connectivity index (χ1n) is 10.4. The smallest absolute Gasteiger partial charge is 0.331 e. The van der Waals surface area contributed by atoms with Crippen molar-refractivity contribution in [1.82, 2.24) is 0 Å². The molecule has 170 valence electrons. The average molecular weight is 466 g/mol. The standard InChI is InChI=1S/C26H24ClNO5/c1-2-31-24-10-6-5-9-23(24)28-25(29)18-33-26(30)16-13-19-11-14-21(15-12-19)32-17-20-7-3-4-8-22(20)27/h3-16H,2,17-18H2,1H3,(H,28,29). The first-order valence-corrected chi connectivity index (χ1v) is 10.8. The molecule has 0 saturated carbocycles. The summed E-state index contributed by atoms with van der Waals surface area (Å²) in [5.41, 5.74) is 2.20. The van der Waals surface area contributed by atoms with E-state index in [1.807, 2.05) is 49.4 Å². The van der Waals surface area contributed by atoms with E-state index >= 15 is 0 Å². The van der Waals surface area contributed by atoms with Crippen LogP contribution < -0.4 is 14.8 Å². The van der Waals surface area contributed by atoms with Crippen LogP contribution in [0.25, 0.3) is 6.08 Å². The van der Waals surface area contributed by atoms with Gasteiger partial charge in [0.2, 0.25) is 0 Å². The SMILES string of the molecule is CCOc1ccccc1NC(=O)COC(=O)C=Cc1ccc(OCc2ccccc2Cl)cc1. The van der Waals surface area contributed by atoms with Gasteiger partial charge >= 0.3 is 5.97 Å². The van der Waals surface area contributed by atoms with E-state index in [2.05, 4.69) is 5.32 Å². The normalized spacial score (nSPS) is 10.6. The second kappa shape index (κ2) is 12.3. The highest BCUT2D eigenvalue weighted by atomic mass is 35.5. The summed E-state index contributed by atoms with van der Waals surface area (Å²) in [5, 5.41) is 3.33. The monoisotopic (exact) mass is 465 g/mol. The molecule has 3 aromatic rings. The van der Waals surface area contributed by atoms with Crippen LogP contribution >= 0.6 is 11.6 Å². The number of hydrogen-bond donors (Lipinski definition) is 1. The number of carbonyl (C=O) groups is 2. The van der Waals surface area contributed by atoms with Crippen molar-refractivity contribution in [3.63, 3.8) is 0 Å². The Hall–Kier alpha value is -3.77. The van der Waals surface area contributed by atoms with Gasteiger partial charge in [-0.15, -0.1) is 0 Å². The van der Waals surface area contributed by atoms with E-state index in [4.69, 9.17) is 25.8 Å². The van der Waals surface area contributed by atoms with Crippen LogP contribution in [0.3, 0.4) is 0 Å². The van der Waals surface area contributed by atoms with E-state index in [-0.39, 0.29) is 0 Å². The fraction of sp³-hybridized carbons (Fsp3) is 0.154. The van der Waals surface area contributed by atoms with Crippen LogP contribution in [0.2, 0.25) is 5.02 Å². The van der Waals surface area contributed by atoms with E-state index in [0.717, 1.165) is 11.1 Å². The number of benzene rings is 3. The molecule has 0 aliphatic rings. The average Bonchev–Trinajstić information content (AvgIpc) is 2.83. The number of hydrogen-bond acceptors (Lipinski definition) is 5. The van der Waals surface area contributed by atoms with Crippen LogP contribution in [-0.4, -0.2) is 25.1 Å². The maximum absolute atomic E-state index is 12.1. The van der Waals surface area contributed by atoms with Gasteiger partial charge in [-0.2, -0.15) is 0 Å². The summed E-state index contributed by atoms with van der Waals surface area (Å²) in [6.45, 7) is 2.28. The zero-order chi connectivity index (χ0) is 23.5. The van der Waals surface area contributed by atoms with Gasteiger partial charge in [0, 0.05) is 16.7 Å². The summed E-state index contributed by atoms with van der Waals surface area (Å²) in [5.74, 6) is 0.156. The van der Waals surface area contributed by atoms with Crippen LogP contribution in [0.5, 0.6) is 11.5 Å². The van der Waals surface area contributed by atoms with Gasteiger partial charge in [-0.25, -0.2) is 4.79 Å². The van der Waals surface area contributed by atoms with Crippen molar-refractivity contribution in [2.24, 2.45) is 0 Å². The summed E-state index contributed by atoms with van der Waals surface area (Å²) >= 11 is 6.13. The number of carbonyl (C=O) groups excluding carboxylic acids is 2. The molecule has 0 atom stereocenters. The van der Waals surface area contributed by atoms with E-state index in [9.17, 15) is 9.59 Å². The van der Waals surface area contributed by atoms with E-state index in [1.165, 1.54) is 6.08 Å². The minimum Gasteiger partial charge on any atom is -0.492 e. The first-order chi connectivity index (χ1) is 16.0. The second-order valence-corrected chi connectivity index (χ2v) is 7.27. The highest BCUT2D eigenvalue weighted by Gasteiger charge is 2.09. The quantitative estimate of drug-likeness (QED) is 0.315. The van der Waals surface area contributed by atoms with Gasteiger partial charge in [0.25, 0.3) is 5.91 Å². The summed E-state index contributed by atoms with van der Waals surface area (Å²) < 4.78 is 16.2. The lowest BCUT2D eigenvalue weighted by atomic mass is 10.2. The van der Waals surface area contributed by atoms with Gasteiger partial charge in [-0.05, 0) is 48.9 Å². The fourth-order valence-corrected chi connectivity index (χ4v) is 3.03. The molecule has 33 heavy (non-hydrogen) atoms. The molecule has 0 spiro atoms. The maximum atomic E-state index is 12.1. The third-order valence-corrected chi connectivity index (χ3v) is 4.82. The Kier molecular flexibility index (Phi) is 8.91. The molecule has 0 heterocycles. The van der Waals surface area contributed by atoms with Crippen LogP contribution in [0.15, 0.2) is 78.9 Å². The summed E-state index contributed by atoms with van der Waals surface area (Å²) in [4.78, 5) is 24.0. The lowest BCUT2D eigenvalue weighted by Gasteiger charge is -2.11. The number of nitrogens with one attached hydrogen (secondary N) is 1. The van der Waals surface area contributed by atoms with E-state index < -0.39 is 18.5 Å². The summed E-state index contributed by atoms with van der Waals surface area (Å²) in [6, 6.07) is 21.8. The molecule has 0 aliphatic heterocycles. The van der Waals surface area contributed by atoms with Gasteiger partial charge < -0.3 is 19.5 Å². The number of amides is 1. The number of para-hydroxylation sites is 2. The molecule has 0 saturated heterocycles. The van der Waals surface area contributed by atoms with Crippen LogP contribution in [0.4, 0.5) is 5.69 Å². The van der Waals surface area contributed by atoms with Crippen molar-refractivity contribution in [2.45, 2.75) is 13.5 Å². The van der Waals surface area contributed by atoms with Crippen LogP contribution in [0.1, 0.15) is 18.1 Å². The first kappa shape index (κ1) is 23.9. The molecular weight excluding hydrogens is 442 g/mol. The maximum Gasteiger partial charge on any atom is 0.331 e. The van der Waals surface area contributed by atoms with Crippen LogP contribution in [0, 0.1) is 0 Å². The van der Waals surface area contributed by atoms with Gasteiger partial charge in [-0.1, -0.05) is 54.1 Å². The fourth-order valence-electron chi connectivity index (χ4n) is 2.84. The molecule has 0 aromatic heterocycles. The molecule has 3 rings (SSSR count). The Morgan fingerprint density at radius 1 is 0.939 bits per heavy atom. The van der Waals surface area contributed by atoms with Gasteiger partial charge in [0.1, 0.15) is 18.1 Å². The molecule has 0 aliphatic carbocycles. The van der Waals surface area contributed by atoms with E-state index in [1.54, 1.807) is 36.4 Å². The molecule has 7 heteroatoms. The highest BCUT2D eigenvalue weighted by molar-refractivity contribution is 6.31. The molecule has 6 nitrogen and oxygen atoms in total. The molecular formula is C26H24ClNO5. The zero-order valence-electron chi connectivity index (χ0n) is 18.1. The summed E-state index contributed by atoms with van der Waals surface area (Å²) in [6.07, 6.45) is 2.86. The number of halogens is 1. The van der Waals surface area contributed by atoms with E-state index in [0.29, 0.717) is 35.4 Å². The predicted octanol–water partition coefficient (Wildman–Crippen LogP) is 5.51. The van der Waals surface area contributed by atoms with Crippen molar-refractivity contribution in [1.29, 1.82) is 0 Å². The van der Waals surface area contributed by atoms with Gasteiger partial charge in [0.05, 0.1) is 12.3 Å². The summed E-state index contributed by atoms with van der Waals surface area (Å²) in [7, 11) is 0. The Labute approximate surface area is 197 Å². The van der Waals surface area contributed by atoms with Crippen molar-refractivity contribution in [2.75, 3.05) is 18.5 Å². The molecule has 0 fully saturated rings. The lowest BCUT2D eigenvalue weighted by Crippen LogP contribution is -2.20. The predicted molar refractivity (Wildman–Crippen MR) is 128 cm³/mol. The zero-order valence-corrected chi connectivity index (χ0v) is 18.9. The molecule has 3 aromatic carbocycles. The number of esters is 1. The van der Waals surface area contributed by atoms with Crippen molar-refractivity contribution < 1.29 is 23.8 Å². The number of anilines is 1. The van der Waals surface area contributed by atoms with Gasteiger partial charge in [0.15, 0.2) is 6.61 Å². The van der Waals surface area contributed by atoms with Crippen LogP contribution in [-0.2, 0) is 20.9 Å². The van der Waals surface area contributed by atoms with Gasteiger partial charge in [-0.3, -0.25) is 4.79 Å². The minimum absolute atomic E-state index is 0.359. The molecule has 0 unspecified atom stereocenters. The second-order valence-electron chi connectivity index (χ2n) is 6.87. The molecule has 1 N–H and O–H groups in total. The number of ether oxygens (including phenoxy) is 3. The van der Waals surface area contributed by atoms with Crippen molar-refractivity contribution in [3.8, 4) is 11.5 Å². The molecule has 1 amide bonds. The number of rotatable bonds is 10. The lowest BCUT2D eigenvalue weighted by molar-refractivity contribution is -0.142. The highest BCUT2D eigenvalue weighted by Crippen LogP contribution is 2.23. The third-order valence-electron chi connectivity index (χ3n) is 4.45. The third kappa shape index (κ3) is 7.70. The molecule has 0 bridgehead atoms. The Balaban J connectivity index is 1.44. The Morgan fingerprint density at radius 2 is 1.67 bits per heavy atom. The minimum atomic E-state index is -0.623. The van der Waals surface area contributed by atoms with Crippen molar-refractivity contribution in [3.05, 3.63) is 95.0 Å². The largest absolute Gasteiger partial charge is 0.492 e. The Bertz CT molecular complexity index is 1110. The topological polar surface area (TPSA) is 73.9 Å².